The van der Waals surface area contributed by atoms with Gasteiger partial charge in [0.2, 0.25) is 5.91 Å². The van der Waals surface area contributed by atoms with Crippen LogP contribution in [0, 0.1) is 19.8 Å². The molecule has 2 aliphatic heterocycles. The first-order chi connectivity index (χ1) is 16.6. The first-order valence-electron chi connectivity index (χ1n) is 11.6. The number of piperazine rings is 1. The summed E-state index contributed by atoms with van der Waals surface area (Å²) in [7, 11) is 0. The second-order valence-electron chi connectivity index (χ2n) is 8.99. The Morgan fingerprint density at radius 2 is 1.74 bits per heavy atom. The number of aryl methyl sites for hydroxylation is 2. The third kappa shape index (κ3) is 3.67. The minimum Gasteiger partial charge on any atom is -0.355 e. The maximum atomic E-state index is 13.1. The largest absolute Gasteiger partial charge is 0.355 e. The Balaban J connectivity index is 1.06. The fraction of sp³-hybridized carbons (Fsp3) is 0.375. The molecule has 2 saturated heterocycles. The van der Waals surface area contributed by atoms with Gasteiger partial charge >= 0.3 is 0 Å². The molecule has 0 radical (unpaired) electrons. The topological polar surface area (TPSA) is 83.3 Å². The van der Waals surface area contributed by atoms with E-state index in [2.05, 4.69) is 47.4 Å². The third-order valence-corrected chi connectivity index (χ3v) is 7.49. The number of carbonyl (C=O) groups excluding carboxylic acids is 1. The average Bonchev–Trinajstić information content (AvgIpc) is 3.41. The van der Waals surface area contributed by atoms with Gasteiger partial charge in [0.05, 0.1) is 16.3 Å². The molecule has 0 spiro atoms. The van der Waals surface area contributed by atoms with Crippen LogP contribution in [0.15, 0.2) is 42.7 Å². The summed E-state index contributed by atoms with van der Waals surface area (Å²) >= 11 is 1.54. The quantitative estimate of drug-likeness (QED) is 0.450. The van der Waals surface area contributed by atoms with E-state index in [1.54, 1.807) is 6.33 Å². The fourth-order valence-electron chi connectivity index (χ4n) is 4.81. The van der Waals surface area contributed by atoms with Crippen LogP contribution in [0.3, 0.4) is 0 Å². The van der Waals surface area contributed by atoms with Gasteiger partial charge in [-0.3, -0.25) is 4.79 Å². The molecule has 0 atom stereocenters. The number of hydrogen-bond acceptors (Lipinski definition) is 8. The second-order valence-corrected chi connectivity index (χ2v) is 9.79. The molecule has 5 heterocycles. The van der Waals surface area contributed by atoms with E-state index in [0.29, 0.717) is 13.1 Å². The fourth-order valence-corrected chi connectivity index (χ4v) is 5.60. The van der Waals surface area contributed by atoms with Crippen LogP contribution < -0.4 is 9.80 Å². The maximum Gasteiger partial charge on any atom is 0.229 e. The molecule has 0 saturated carbocycles. The Labute approximate surface area is 201 Å². The molecule has 0 N–H and O–H groups in total. The summed E-state index contributed by atoms with van der Waals surface area (Å²) in [6.07, 6.45) is 1.57. The average molecular weight is 475 g/mol. The summed E-state index contributed by atoms with van der Waals surface area (Å²) in [5.74, 6) is 2.88. The summed E-state index contributed by atoms with van der Waals surface area (Å²) in [6.45, 7) is 8.44. The monoisotopic (exact) mass is 474 g/mol. The van der Waals surface area contributed by atoms with E-state index < -0.39 is 0 Å². The molecule has 4 aromatic rings. The van der Waals surface area contributed by atoms with Gasteiger partial charge < -0.3 is 14.7 Å². The lowest BCUT2D eigenvalue weighted by Gasteiger charge is -2.43. The predicted molar refractivity (Wildman–Crippen MR) is 133 cm³/mol. The Bertz CT molecular complexity index is 1350. The molecular formula is C24H26N8OS. The highest BCUT2D eigenvalue weighted by Crippen LogP contribution is 2.31. The van der Waals surface area contributed by atoms with Gasteiger partial charge in [-0.1, -0.05) is 12.1 Å². The lowest BCUT2D eigenvalue weighted by molar-refractivity contribution is -0.136. The number of aromatic nitrogens is 5. The van der Waals surface area contributed by atoms with Crippen molar-refractivity contribution in [2.75, 3.05) is 49.1 Å². The molecule has 9 nitrogen and oxygen atoms in total. The Morgan fingerprint density at radius 1 is 0.971 bits per heavy atom. The molecule has 1 aromatic carbocycles. The summed E-state index contributed by atoms with van der Waals surface area (Å²) in [4.78, 5) is 28.4. The van der Waals surface area contributed by atoms with Crippen LogP contribution in [-0.4, -0.2) is 74.2 Å². The molecule has 2 fully saturated rings. The van der Waals surface area contributed by atoms with Crippen molar-refractivity contribution in [3.8, 4) is 5.82 Å². The van der Waals surface area contributed by atoms with E-state index in [0.717, 1.165) is 55.0 Å². The SMILES string of the molecule is Cc1cc(C)n(-c2cc(N3CC(C(=O)N4CCN(c5nsc6ccccc56)CC4)C3)ncn2)n1. The number of anilines is 2. The molecule has 34 heavy (non-hydrogen) atoms. The molecule has 6 rings (SSSR count). The molecule has 0 aliphatic carbocycles. The predicted octanol–water partition coefficient (Wildman–Crippen LogP) is 2.67. The summed E-state index contributed by atoms with van der Waals surface area (Å²) in [5, 5.41) is 5.71. The molecule has 174 valence electrons. The highest BCUT2D eigenvalue weighted by Gasteiger charge is 2.37. The van der Waals surface area contributed by atoms with Gasteiger partial charge in [-0.05, 0) is 43.6 Å². The van der Waals surface area contributed by atoms with Crippen molar-refractivity contribution in [1.29, 1.82) is 0 Å². The highest BCUT2D eigenvalue weighted by molar-refractivity contribution is 7.13. The summed E-state index contributed by atoms with van der Waals surface area (Å²) < 4.78 is 7.70. The van der Waals surface area contributed by atoms with E-state index in [-0.39, 0.29) is 11.8 Å². The summed E-state index contributed by atoms with van der Waals surface area (Å²) in [6, 6.07) is 12.3. The van der Waals surface area contributed by atoms with Crippen molar-refractivity contribution in [3.63, 3.8) is 0 Å². The molecule has 1 amide bonds. The Kier molecular flexibility index (Phi) is 5.17. The number of carbonyl (C=O) groups is 1. The van der Waals surface area contributed by atoms with E-state index in [1.165, 1.54) is 21.6 Å². The standard InChI is InChI=1S/C24H26N8OS/c1-16-11-17(2)32(27-16)22-12-21(25-15-26-22)31-13-18(14-31)24(33)30-9-7-29(8-10-30)23-19-5-3-4-6-20(19)34-28-23/h3-6,11-12,15,18H,7-10,13-14H2,1-2H3. The van der Waals surface area contributed by atoms with Crippen molar-refractivity contribution < 1.29 is 4.79 Å². The normalized spacial score (nSPS) is 16.8. The minimum atomic E-state index is 0.0127. The first kappa shape index (κ1) is 21.0. The highest BCUT2D eigenvalue weighted by atomic mass is 32.1. The zero-order valence-electron chi connectivity index (χ0n) is 19.3. The van der Waals surface area contributed by atoms with Crippen molar-refractivity contribution in [2.45, 2.75) is 13.8 Å². The van der Waals surface area contributed by atoms with Crippen molar-refractivity contribution >= 4 is 39.2 Å². The van der Waals surface area contributed by atoms with Gasteiger partial charge in [0.25, 0.3) is 0 Å². The summed E-state index contributed by atoms with van der Waals surface area (Å²) in [5.41, 5.74) is 1.99. The van der Waals surface area contributed by atoms with Gasteiger partial charge in [0, 0.05) is 56.4 Å². The number of amides is 1. The van der Waals surface area contributed by atoms with Crippen LogP contribution in [-0.2, 0) is 4.79 Å². The van der Waals surface area contributed by atoms with Gasteiger partial charge in [-0.25, -0.2) is 14.6 Å². The van der Waals surface area contributed by atoms with Gasteiger partial charge in [-0.2, -0.15) is 9.47 Å². The van der Waals surface area contributed by atoms with Crippen LogP contribution >= 0.6 is 11.5 Å². The number of nitrogens with zero attached hydrogens (tertiary/aromatic N) is 8. The smallest absolute Gasteiger partial charge is 0.229 e. The van der Waals surface area contributed by atoms with Crippen LogP contribution in [0.1, 0.15) is 11.4 Å². The van der Waals surface area contributed by atoms with E-state index in [4.69, 9.17) is 0 Å². The van der Waals surface area contributed by atoms with E-state index in [1.807, 2.05) is 41.6 Å². The van der Waals surface area contributed by atoms with Gasteiger partial charge in [0.15, 0.2) is 5.82 Å². The number of benzene rings is 1. The van der Waals surface area contributed by atoms with Crippen molar-refractivity contribution in [1.82, 2.24) is 29.0 Å². The van der Waals surface area contributed by atoms with Crippen LogP contribution in [0.25, 0.3) is 15.9 Å². The Morgan fingerprint density at radius 3 is 2.50 bits per heavy atom. The molecular weight excluding hydrogens is 448 g/mol. The lowest BCUT2D eigenvalue weighted by atomic mass is 9.98. The number of hydrogen-bond donors (Lipinski definition) is 0. The zero-order chi connectivity index (χ0) is 23.2. The Hall–Kier alpha value is -3.53. The third-order valence-electron chi connectivity index (χ3n) is 6.67. The van der Waals surface area contributed by atoms with Crippen molar-refractivity contribution in [3.05, 3.63) is 54.1 Å². The first-order valence-corrected chi connectivity index (χ1v) is 12.3. The molecule has 3 aromatic heterocycles. The lowest BCUT2D eigenvalue weighted by Crippen LogP contribution is -2.58. The number of fused-ring (bicyclic) bond motifs is 1. The molecule has 2 aliphatic rings. The van der Waals surface area contributed by atoms with Gasteiger partial charge in [0.1, 0.15) is 18.0 Å². The van der Waals surface area contributed by atoms with E-state index in [9.17, 15) is 4.79 Å². The van der Waals surface area contributed by atoms with Crippen LogP contribution in [0.5, 0.6) is 0 Å². The zero-order valence-corrected chi connectivity index (χ0v) is 20.1. The number of rotatable bonds is 4. The van der Waals surface area contributed by atoms with Crippen LogP contribution in [0.4, 0.5) is 11.6 Å². The molecule has 0 bridgehead atoms. The maximum absolute atomic E-state index is 13.1. The second kappa shape index (κ2) is 8.35. The van der Waals surface area contributed by atoms with E-state index >= 15 is 0 Å². The minimum absolute atomic E-state index is 0.0127. The molecule has 0 unspecified atom stereocenters. The van der Waals surface area contributed by atoms with Crippen molar-refractivity contribution in [2.24, 2.45) is 5.92 Å². The van der Waals surface area contributed by atoms with Crippen LogP contribution in [0.2, 0.25) is 0 Å². The molecule has 10 heteroatoms. The van der Waals surface area contributed by atoms with Gasteiger partial charge in [-0.15, -0.1) is 0 Å².